The average Bonchev–Trinajstić information content (AvgIpc) is 2.76. The summed E-state index contributed by atoms with van der Waals surface area (Å²) in [5, 5.41) is 4.15. The predicted octanol–water partition coefficient (Wildman–Crippen LogP) is 2.86. The van der Waals surface area contributed by atoms with E-state index in [0.29, 0.717) is 5.75 Å². The smallest absolute Gasteiger partial charge is 0.150 e. The maximum absolute atomic E-state index is 11.7. The van der Waals surface area contributed by atoms with Crippen LogP contribution in [0.25, 0.3) is 0 Å². The van der Waals surface area contributed by atoms with E-state index in [-0.39, 0.29) is 17.6 Å². The molecule has 20 heavy (non-hydrogen) atoms. The van der Waals surface area contributed by atoms with Crippen LogP contribution in [0.1, 0.15) is 31.2 Å². The molecule has 1 fully saturated rings. The summed E-state index contributed by atoms with van der Waals surface area (Å²) in [4.78, 5) is 0. The van der Waals surface area contributed by atoms with Gasteiger partial charge in [0.25, 0.3) is 0 Å². The van der Waals surface area contributed by atoms with Gasteiger partial charge in [0.05, 0.1) is 11.5 Å². The van der Waals surface area contributed by atoms with Crippen molar-refractivity contribution < 1.29 is 8.42 Å². The summed E-state index contributed by atoms with van der Waals surface area (Å²) in [7, 11) is -2.86. The van der Waals surface area contributed by atoms with Crippen LogP contribution in [0.15, 0.2) is 24.3 Å². The van der Waals surface area contributed by atoms with Gasteiger partial charge in [0.2, 0.25) is 0 Å². The minimum Gasteiger partial charge on any atom is -0.316 e. The molecule has 0 aliphatic carbocycles. The molecule has 5 heteroatoms. The Balaban J connectivity index is 2.19. The van der Waals surface area contributed by atoms with Gasteiger partial charge in [0, 0.05) is 17.5 Å². The van der Waals surface area contributed by atoms with Crippen molar-refractivity contribution in [3.05, 3.63) is 34.9 Å². The molecule has 2 unspecified atom stereocenters. The van der Waals surface area contributed by atoms with E-state index in [1.165, 1.54) is 0 Å². The predicted molar refractivity (Wildman–Crippen MR) is 84.1 cm³/mol. The molecule has 1 N–H and O–H groups in total. The molecule has 1 aromatic rings. The molecule has 2 atom stereocenters. The highest BCUT2D eigenvalue weighted by Crippen LogP contribution is 2.36. The largest absolute Gasteiger partial charge is 0.316 e. The van der Waals surface area contributed by atoms with E-state index in [9.17, 15) is 8.42 Å². The Morgan fingerprint density at radius 3 is 2.75 bits per heavy atom. The van der Waals surface area contributed by atoms with Crippen molar-refractivity contribution in [1.29, 1.82) is 0 Å². The lowest BCUT2D eigenvalue weighted by molar-refractivity contribution is 0.438. The Morgan fingerprint density at radius 2 is 2.15 bits per heavy atom. The van der Waals surface area contributed by atoms with Gasteiger partial charge < -0.3 is 5.32 Å². The lowest BCUT2D eigenvalue weighted by atomic mass is 9.85. The molecule has 1 aliphatic heterocycles. The molecule has 2 rings (SSSR count). The fourth-order valence-corrected chi connectivity index (χ4v) is 5.04. The highest BCUT2D eigenvalue weighted by Gasteiger charge is 2.34. The Bertz CT molecular complexity index is 545. The summed E-state index contributed by atoms with van der Waals surface area (Å²) >= 11 is 6.30. The van der Waals surface area contributed by atoms with E-state index in [1.54, 1.807) is 0 Å². The van der Waals surface area contributed by atoms with E-state index < -0.39 is 9.84 Å². The zero-order valence-corrected chi connectivity index (χ0v) is 13.4. The molecule has 1 aromatic carbocycles. The van der Waals surface area contributed by atoms with Crippen LogP contribution in [-0.4, -0.2) is 33.0 Å². The first-order valence-corrected chi connectivity index (χ1v) is 9.39. The fourth-order valence-electron chi connectivity index (χ4n) is 2.88. The van der Waals surface area contributed by atoms with Gasteiger partial charge >= 0.3 is 0 Å². The second kappa shape index (κ2) is 6.92. The summed E-state index contributed by atoms with van der Waals surface area (Å²) in [5.41, 5.74) is 1.07. The molecule has 1 saturated heterocycles. The summed E-state index contributed by atoms with van der Waals surface area (Å²) in [5.74, 6) is 0.945. The van der Waals surface area contributed by atoms with Crippen LogP contribution in [0.5, 0.6) is 0 Å². The van der Waals surface area contributed by atoms with E-state index in [1.807, 2.05) is 24.3 Å². The molecular weight excluding hydrogens is 294 g/mol. The van der Waals surface area contributed by atoms with E-state index in [2.05, 4.69) is 12.2 Å². The molecule has 0 spiro atoms. The van der Waals surface area contributed by atoms with Crippen LogP contribution >= 0.6 is 11.6 Å². The normalized spacial score (nSPS) is 22.8. The van der Waals surface area contributed by atoms with Gasteiger partial charge in [-0.05, 0) is 36.9 Å². The monoisotopic (exact) mass is 315 g/mol. The molecule has 0 radical (unpaired) electrons. The van der Waals surface area contributed by atoms with Crippen molar-refractivity contribution in [2.24, 2.45) is 5.92 Å². The SMILES string of the molecule is CCCNCC(c1ccccc1Cl)C1CCS(=O)(=O)C1. The molecule has 0 saturated carbocycles. The summed E-state index contributed by atoms with van der Waals surface area (Å²) in [6, 6.07) is 7.78. The molecule has 1 heterocycles. The third-order valence-corrected chi connectivity index (χ3v) is 6.07. The first-order chi connectivity index (χ1) is 9.53. The van der Waals surface area contributed by atoms with Crippen molar-refractivity contribution in [2.45, 2.75) is 25.7 Å². The molecule has 0 amide bonds. The molecule has 1 aliphatic rings. The quantitative estimate of drug-likeness (QED) is 0.821. The van der Waals surface area contributed by atoms with Gasteiger partial charge in [0.1, 0.15) is 0 Å². The number of sulfone groups is 1. The van der Waals surface area contributed by atoms with Crippen molar-refractivity contribution >= 4 is 21.4 Å². The van der Waals surface area contributed by atoms with E-state index in [4.69, 9.17) is 11.6 Å². The Labute approximate surface area is 126 Å². The Hall–Kier alpha value is -0.580. The van der Waals surface area contributed by atoms with Crippen molar-refractivity contribution in [2.75, 3.05) is 24.6 Å². The molecule has 0 bridgehead atoms. The van der Waals surface area contributed by atoms with Crippen LogP contribution in [0, 0.1) is 5.92 Å². The van der Waals surface area contributed by atoms with Gasteiger partial charge in [-0.2, -0.15) is 0 Å². The van der Waals surface area contributed by atoms with Gasteiger partial charge in [-0.1, -0.05) is 36.7 Å². The highest BCUT2D eigenvalue weighted by atomic mass is 35.5. The zero-order valence-electron chi connectivity index (χ0n) is 11.8. The van der Waals surface area contributed by atoms with Crippen LogP contribution in [0.3, 0.4) is 0 Å². The fraction of sp³-hybridized carbons (Fsp3) is 0.600. The van der Waals surface area contributed by atoms with Gasteiger partial charge in [0.15, 0.2) is 9.84 Å². The highest BCUT2D eigenvalue weighted by molar-refractivity contribution is 7.91. The number of rotatable bonds is 6. The zero-order chi connectivity index (χ0) is 14.6. The standard InChI is InChI=1S/C15H22ClNO2S/c1-2-8-17-10-14(12-7-9-20(18,19)11-12)13-5-3-4-6-15(13)16/h3-6,12,14,17H,2,7-11H2,1H3. The first kappa shape index (κ1) is 15.8. The van der Waals surface area contributed by atoms with Crippen LogP contribution in [0.2, 0.25) is 5.02 Å². The topological polar surface area (TPSA) is 46.2 Å². The molecule has 3 nitrogen and oxygen atoms in total. The van der Waals surface area contributed by atoms with Gasteiger partial charge in [-0.25, -0.2) is 8.42 Å². The van der Waals surface area contributed by atoms with Crippen LogP contribution in [-0.2, 0) is 9.84 Å². The Morgan fingerprint density at radius 1 is 1.40 bits per heavy atom. The number of hydrogen-bond donors (Lipinski definition) is 1. The summed E-state index contributed by atoms with van der Waals surface area (Å²) in [6.07, 6.45) is 1.81. The summed E-state index contributed by atoms with van der Waals surface area (Å²) < 4.78 is 23.5. The van der Waals surface area contributed by atoms with E-state index >= 15 is 0 Å². The number of hydrogen-bond acceptors (Lipinski definition) is 3. The lowest BCUT2D eigenvalue weighted by Gasteiger charge is -2.24. The lowest BCUT2D eigenvalue weighted by Crippen LogP contribution is -2.28. The van der Waals surface area contributed by atoms with Gasteiger partial charge in [-0.3, -0.25) is 0 Å². The van der Waals surface area contributed by atoms with E-state index in [0.717, 1.165) is 36.5 Å². The number of halogens is 1. The van der Waals surface area contributed by atoms with Crippen molar-refractivity contribution in [1.82, 2.24) is 5.32 Å². The van der Waals surface area contributed by atoms with Gasteiger partial charge in [-0.15, -0.1) is 0 Å². The second-order valence-corrected chi connectivity index (χ2v) is 8.13. The minimum atomic E-state index is -2.86. The number of benzene rings is 1. The average molecular weight is 316 g/mol. The summed E-state index contributed by atoms with van der Waals surface area (Å²) in [6.45, 7) is 3.86. The maximum Gasteiger partial charge on any atom is 0.150 e. The third kappa shape index (κ3) is 3.96. The van der Waals surface area contributed by atoms with Crippen LogP contribution < -0.4 is 5.32 Å². The maximum atomic E-state index is 11.7. The second-order valence-electron chi connectivity index (χ2n) is 5.50. The molecule has 112 valence electrons. The number of nitrogens with one attached hydrogen (secondary N) is 1. The van der Waals surface area contributed by atoms with Crippen molar-refractivity contribution in [3.63, 3.8) is 0 Å². The van der Waals surface area contributed by atoms with Crippen molar-refractivity contribution in [3.8, 4) is 0 Å². The molecular formula is C15H22ClNO2S. The minimum absolute atomic E-state index is 0.171. The van der Waals surface area contributed by atoms with Crippen LogP contribution in [0.4, 0.5) is 0 Å². The third-order valence-electron chi connectivity index (χ3n) is 3.93. The Kier molecular flexibility index (Phi) is 5.47. The first-order valence-electron chi connectivity index (χ1n) is 7.19. The molecule has 0 aromatic heterocycles.